The van der Waals surface area contributed by atoms with Crippen molar-refractivity contribution >= 4 is 82.3 Å². The Morgan fingerprint density at radius 1 is 0.738 bits per heavy atom. The quantitative estimate of drug-likeness (QED) is 0.0480. The van der Waals surface area contributed by atoms with Crippen LogP contribution < -0.4 is 11.1 Å². The second-order valence-corrected chi connectivity index (χ2v) is 18.2. The molecule has 1 aliphatic rings. The van der Waals surface area contributed by atoms with Crippen LogP contribution in [-0.4, -0.2) is 111 Å². The van der Waals surface area contributed by atoms with Crippen molar-refractivity contribution in [1.82, 2.24) is 68.9 Å². The van der Waals surface area contributed by atoms with Crippen molar-refractivity contribution in [3.63, 3.8) is 0 Å². The molecule has 0 aromatic carbocycles. The monoisotopic (exact) mass is 1190 g/mol. The van der Waals surface area contributed by atoms with Crippen LogP contribution in [0.2, 0.25) is 0 Å². The first-order chi connectivity index (χ1) is 40.2. The molecule has 2 atom stereocenters. The van der Waals surface area contributed by atoms with Crippen molar-refractivity contribution in [1.29, 1.82) is 15.8 Å². The highest BCUT2D eigenvalue weighted by Crippen LogP contribution is 2.34. The Morgan fingerprint density at radius 2 is 1.26 bits per heavy atom. The Labute approximate surface area is 496 Å². The number of nitrogens with one attached hydrogen (secondary N) is 2. The molecule has 7 aromatic heterocycles. The average molecular weight is 1200 g/mol. The van der Waals surface area contributed by atoms with E-state index in [-0.39, 0.29) is 54.1 Å². The molecule has 8 heterocycles. The first-order valence-electron chi connectivity index (χ1n) is 24.6. The number of aromatic nitrogens is 13. The molecule has 0 saturated carbocycles. The molecule has 0 aliphatic carbocycles. The number of hydrogen-bond acceptors (Lipinski definition) is 24. The zero-order valence-corrected chi connectivity index (χ0v) is 49.1. The summed E-state index contributed by atoms with van der Waals surface area (Å²) in [7, 11) is 5.68. The summed E-state index contributed by atoms with van der Waals surface area (Å²) in [6.45, 7) is 11.6. The number of nitriles is 3. The van der Waals surface area contributed by atoms with E-state index in [1.165, 1.54) is 30.9 Å². The molecule has 27 nitrogen and oxygen atoms in total. The van der Waals surface area contributed by atoms with Gasteiger partial charge in [-0.2, -0.15) is 25.4 Å². The molecule has 30 heteroatoms. The fourth-order valence-electron chi connectivity index (χ4n) is 7.07. The second kappa shape index (κ2) is 34.0. The SMILES string of the molecule is CCOC(=O)c1ncc(-c2cc(-c3cnc(C)n3C)c(C#N)c(=S)[nH]2)cn1.CCOC(=O)c1ncc(C2=CC(c3cnc(C)n3C)C(C#N)C(=S)N2)cn1.CCc1ncc(C(=O)/C=C/c2cnc(C)n2C)cn1.N#CCC(N)=S.O=C=O.O=O. The summed E-state index contributed by atoms with van der Waals surface area (Å²) >= 11 is 15.1. The fourth-order valence-corrected chi connectivity index (χ4v) is 7.71. The first kappa shape index (κ1) is 67.8. The molecule has 7 aromatic rings. The number of nitrogens with zero attached hydrogens (tertiary/aromatic N) is 15. The number of carbonyl (C=O) groups is 3. The summed E-state index contributed by atoms with van der Waals surface area (Å²) in [6, 6.07) is 8.01. The third kappa shape index (κ3) is 18.6. The molecule has 432 valence electrons. The normalized spacial score (nSPS) is 12.6. The van der Waals surface area contributed by atoms with Crippen LogP contribution in [0.4, 0.5) is 0 Å². The van der Waals surface area contributed by atoms with Gasteiger partial charge in [0.05, 0.1) is 82.4 Å². The smallest absolute Gasteiger partial charge is 0.376 e. The van der Waals surface area contributed by atoms with Gasteiger partial charge in [-0.15, -0.1) is 0 Å². The van der Waals surface area contributed by atoms with E-state index in [1.807, 2.05) is 68.6 Å². The molecule has 1 aliphatic heterocycles. The number of allylic oxidation sites excluding steroid dienone is 2. The van der Waals surface area contributed by atoms with E-state index in [0.29, 0.717) is 48.8 Å². The minimum atomic E-state index is -0.581. The number of thiocarbonyl (C=S) groups is 2. The third-order valence-electron chi connectivity index (χ3n) is 11.7. The molecule has 0 radical (unpaired) electrons. The lowest BCUT2D eigenvalue weighted by Gasteiger charge is -2.28. The Hall–Kier alpha value is -10.4. The van der Waals surface area contributed by atoms with Crippen LogP contribution in [0, 0.1) is 75.3 Å². The van der Waals surface area contributed by atoms with Crippen LogP contribution in [0.3, 0.4) is 0 Å². The third-order valence-corrected chi connectivity index (χ3v) is 12.5. The van der Waals surface area contributed by atoms with Gasteiger partial charge < -0.3 is 39.2 Å². The Morgan fingerprint density at radius 3 is 1.69 bits per heavy atom. The van der Waals surface area contributed by atoms with E-state index < -0.39 is 17.9 Å². The molecule has 4 N–H and O–H groups in total. The average Bonchev–Trinajstić information content (AvgIpc) is 4.30. The molecule has 84 heavy (non-hydrogen) atoms. The van der Waals surface area contributed by atoms with Crippen molar-refractivity contribution in [2.45, 2.75) is 60.3 Å². The topological polar surface area (TPSA) is 394 Å². The maximum atomic E-state index is 11.9. The Bertz CT molecular complexity index is 3750. The van der Waals surface area contributed by atoms with Crippen LogP contribution in [0.25, 0.3) is 34.3 Å². The molecule has 2 unspecified atom stereocenters. The molecule has 0 fully saturated rings. The Balaban J connectivity index is 0.000000307. The highest BCUT2D eigenvalue weighted by molar-refractivity contribution is 7.80. The van der Waals surface area contributed by atoms with E-state index in [4.69, 9.17) is 64.4 Å². The number of ketones is 1. The highest BCUT2D eigenvalue weighted by Gasteiger charge is 2.33. The van der Waals surface area contributed by atoms with Gasteiger partial charge >= 0.3 is 18.1 Å². The van der Waals surface area contributed by atoms with Gasteiger partial charge in [0.1, 0.15) is 39.9 Å². The molecular weight excluding hydrogens is 1140 g/mol. The standard InChI is InChI=1S/C18H18N6O2S.C18H16N6O2S.C14H16N4O.C3H4N2S.CO2.O2/c2*1-4-26-18(25)16-21-7-11(8-22-16)14-5-12(13(6-19)17(27)23-14)15-9-20-10(2)24(15)3;1-4-14-16-7-11(8-17-14)13(19)6-5-12-9-15-10(2)18(12)3;4-2-1-3(5)6;2-1-3;1-2/h5,7-9,12-13H,4H2,1-3H3,(H,23,27);5,7-9H,4H2,1-3H3,(H,23,27);5-9H,4H2,1-3H3;1H2,(H2,5,6);;/b;;6-5+;;;. The van der Waals surface area contributed by atoms with Gasteiger partial charge in [0.25, 0.3) is 0 Å². The van der Waals surface area contributed by atoms with Gasteiger partial charge in [0, 0.05) is 115 Å². The van der Waals surface area contributed by atoms with Crippen molar-refractivity contribution in [3.05, 3.63) is 152 Å². The molecule has 0 saturated heterocycles. The lowest BCUT2D eigenvalue weighted by Crippen LogP contribution is -2.35. The maximum Gasteiger partial charge on any atom is 0.376 e. The van der Waals surface area contributed by atoms with Crippen molar-refractivity contribution in [2.75, 3.05) is 13.2 Å². The van der Waals surface area contributed by atoms with E-state index >= 15 is 0 Å². The predicted molar refractivity (Wildman–Crippen MR) is 313 cm³/mol. The lowest BCUT2D eigenvalue weighted by molar-refractivity contribution is -0.191. The summed E-state index contributed by atoms with van der Waals surface area (Å²) in [5, 5.41) is 30.0. The van der Waals surface area contributed by atoms with Crippen molar-refractivity contribution in [3.8, 4) is 40.7 Å². The van der Waals surface area contributed by atoms with Gasteiger partial charge in [-0.25, -0.2) is 54.4 Å². The van der Waals surface area contributed by atoms with Crippen LogP contribution >= 0.6 is 36.7 Å². The van der Waals surface area contributed by atoms with E-state index in [9.17, 15) is 24.9 Å². The largest absolute Gasteiger partial charge is 0.460 e. The van der Waals surface area contributed by atoms with Gasteiger partial charge in [-0.05, 0) is 58.9 Å². The van der Waals surface area contributed by atoms with Crippen molar-refractivity contribution < 1.29 is 33.4 Å². The van der Waals surface area contributed by atoms with Gasteiger partial charge in [0.2, 0.25) is 11.6 Å². The van der Waals surface area contributed by atoms with E-state index in [2.05, 4.69) is 79.5 Å². The summed E-state index contributed by atoms with van der Waals surface area (Å²) in [4.78, 5) is 106. The number of H-pyrrole nitrogens is 1. The molecule has 0 amide bonds. The minimum Gasteiger partial charge on any atom is -0.460 e. The summed E-state index contributed by atoms with van der Waals surface area (Å²) in [5.74, 6) is 1.27. The number of esters is 2. The number of hydrogen-bond donors (Lipinski definition) is 3. The number of carbonyl (C=O) groups excluding carboxylic acids is 5. The lowest BCUT2D eigenvalue weighted by atomic mass is 9.86. The zero-order chi connectivity index (χ0) is 62.6. The van der Waals surface area contributed by atoms with E-state index in [0.717, 1.165) is 46.8 Å². The number of aromatic amines is 1. The number of imidazole rings is 3. The number of aryl methyl sites for hydroxylation is 4. The molecule has 8 rings (SSSR count). The predicted octanol–water partition coefficient (Wildman–Crippen LogP) is 6.50. The second-order valence-electron chi connectivity index (χ2n) is 16.8. The van der Waals surface area contributed by atoms with Crippen molar-refractivity contribution in [2.24, 2.45) is 32.8 Å². The number of pyridine rings is 1. The minimum absolute atomic E-state index is 0.00621. The molecule has 0 spiro atoms. The van der Waals surface area contributed by atoms with Crippen LogP contribution in [0.1, 0.15) is 111 Å². The number of rotatable bonds is 13. The number of nitrogens with two attached hydrogens (primary N) is 1. The molecule has 0 bridgehead atoms. The summed E-state index contributed by atoms with van der Waals surface area (Å²) < 4.78 is 15.8. The summed E-state index contributed by atoms with van der Waals surface area (Å²) in [6.07, 6.45) is 20.8. The van der Waals surface area contributed by atoms with Crippen LogP contribution in [0.15, 0.2) is 74.0 Å². The van der Waals surface area contributed by atoms with Gasteiger partial charge in [0.15, 0.2) is 5.78 Å². The number of ether oxygens (including phenoxy) is 2. The van der Waals surface area contributed by atoms with E-state index in [1.54, 1.807) is 63.0 Å². The fraction of sp³-hybridized carbons (Fsp3) is 0.278. The summed E-state index contributed by atoms with van der Waals surface area (Å²) in [5.41, 5.74) is 11.6. The Kier molecular flexibility index (Phi) is 27.4. The molecular formula is C54H54N18O9S3. The van der Waals surface area contributed by atoms with Gasteiger partial charge in [-0.1, -0.05) is 43.6 Å². The van der Waals surface area contributed by atoms with Crippen LogP contribution in [-0.2, 0) is 46.6 Å². The van der Waals surface area contributed by atoms with Crippen LogP contribution in [0.5, 0.6) is 0 Å². The first-order valence-corrected chi connectivity index (χ1v) is 25.8. The zero-order valence-electron chi connectivity index (χ0n) is 46.7. The maximum absolute atomic E-state index is 11.9. The van der Waals surface area contributed by atoms with Gasteiger partial charge in [-0.3, -0.25) is 4.79 Å². The highest BCUT2D eigenvalue weighted by atomic mass is 32.1.